The van der Waals surface area contributed by atoms with Gasteiger partial charge in [-0.05, 0) is 19.4 Å². The number of rotatable bonds is 5. The van der Waals surface area contributed by atoms with Crippen LogP contribution in [0, 0.1) is 5.92 Å². The van der Waals surface area contributed by atoms with Crippen molar-refractivity contribution in [3.8, 4) is 0 Å². The number of amides is 1. The fourth-order valence-electron chi connectivity index (χ4n) is 2.00. The summed E-state index contributed by atoms with van der Waals surface area (Å²) in [6.07, 6.45) is 4.34. The number of anilines is 1. The number of nitrogens with one attached hydrogen (secondary N) is 2. The van der Waals surface area contributed by atoms with Gasteiger partial charge in [-0.2, -0.15) is 0 Å². The van der Waals surface area contributed by atoms with Crippen LogP contribution >= 0.6 is 0 Å². The summed E-state index contributed by atoms with van der Waals surface area (Å²) in [5.74, 6) is 0.388. The number of aromatic nitrogens is 1. The molecule has 2 N–H and O–H groups in total. The number of carbonyl (C=O) groups is 1. The summed E-state index contributed by atoms with van der Waals surface area (Å²) >= 11 is 0. The lowest BCUT2D eigenvalue weighted by atomic mass is 10.1. The van der Waals surface area contributed by atoms with Gasteiger partial charge in [0, 0.05) is 31.8 Å². The van der Waals surface area contributed by atoms with Gasteiger partial charge in [0.1, 0.15) is 0 Å². The Morgan fingerprint density at radius 1 is 1.61 bits per heavy atom. The largest absolute Gasteiger partial charge is 0.383 e. The summed E-state index contributed by atoms with van der Waals surface area (Å²) in [4.78, 5) is 16.1. The van der Waals surface area contributed by atoms with Crippen molar-refractivity contribution in [1.82, 2.24) is 10.3 Å². The zero-order chi connectivity index (χ0) is 12.8. The minimum Gasteiger partial charge on any atom is -0.383 e. The summed E-state index contributed by atoms with van der Waals surface area (Å²) < 4.78 is 5.28. The molecule has 1 amide bonds. The quantitative estimate of drug-likeness (QED) is 0.825. The van der Waals surface area contributed by atoms with Crippen molar-refractivity contribution in [3.05, 3.63) is 24.0 Å². The average molecular weight is 249 g/mol. The summed E-state index contributed by atoms with van der Waals surface area (Å²) in [6.45, 7) is 4.98. The van der Waals surface area contributed by atoms with Crippen LogP contribution in [0.15, 0.2) is 18.5 Å². The molecule has 0 saturated carbocycles. The van der Waals surface area contributed by atoms with Gasteiger partial charge in [0.05, 0.1) is 24.1 Å². The first-order valence-corrected chi connectivity index (χ1v) is 6.35. The van der Waals surface area contributed by atoms with E-state index in [2.05, 4.69) is 15.6 Å². The smallest absolute Gasteiger partial charge is 0.253 e. The maximum Gasteiger partial charge on any atom is 0.253 e. The Morgan fingerprint density at radius 3 is 3.22 bits per heavy atom. The molecular weight excluding hydrogens is 230 g/mol. The first-order chi connectivity index (χ1) is 8.81. The van der Waals surface area contributed by atoms with Gasteiger partial charge in [-0.15, -0.1) is 0 Å². The highest BCUT2D eigenvalue weighted by molar-refractivity contribution is 5.99. The molecular formula is C13H19N3O2. The Morgan fingerprint density at radius 2 is 2.50 bits per heavy atom. The molecule has 5 heteroatoms. The van der Waals surface area contributed by atoms with Crippen molar-refractivity contribution < 1.29 is 9.53 Å². The summed E-state index contributed by atoms with van der Waals surface area (Å²) in [6, 6.07) is 1.73. The lowest BCUT2D eigenvalue weighted by Crippen LogP contribution is -2.30. The van der Waals surface area contributed by atoms with Crippen LogP contribution in [-0.2, 0) is 4.74 Å². The SMILES string of the molecule is CCNc1cnccc1C(=O)NCC1CCOC1. The van der Waals surface area contributed by atoms with E-state index < -0.39 is 0 Å². The lowest BCUT2D eigenvalue weighted by molar-refractivity contribution is 0.0945. The summed E-state index contributed by atoms with van der Waals surface area (Å²) in [5.41, 5.74) is 1.42. The van der Waals surface area contributed by atoms with Gasteiger partial charge in [0.15, 0.2) is 0 Å². The minimum atomic E-state index is -0.0553. The zero-order valence-electron chi connectivity index (χ0n) is 10.6. The standard InChI is InChI=1S/C13H19N3O2/c1-2-15-12-8-14-5-3-11(12)13(17)16-7-10-4-6-18-9-10/h3,5,8,10,15H,2,4,6-7,9H2,1H3,(H,16,17). The van der Waals surface area contributed by atoms with Crippen LogP contribution < -0.4 is 10.6 Å². The predicted molar refractivity (Wildman–Crippen MR) is 69.7 cm³/mol. The van der Waals surface area contributed by atoms with Crippen LogP contribution in [0.1, 0.15) is 23.7 Å². The Hall–Kier alpha value is -1.62. The predicted octanol–water partition coefficient (Wildman–Crippen LogP) is 1.28. The van der Waals surface area contributed by atoms with Gasteiger partial charge >= 0.3 is 0 Å². The maximum absolute atomic E-state index is 12.1. The number of ether oxygens (including phenoxy) is 1. The molecule has 5 nitrogen and oxygen atoms in total. The molecule has 1 aromatic rings. The average Bonchev–Trinajstić information content (AvgIpc) is 2.90. The monoisotopic (exact) mass is 249 g/mol. The highest BCUT2D eigenvalue weighted by Crippen LogP contribution is 2.14. The molecule has 0 radical (unpaired) electrons. The van der Waals surface area contributed by atoms with Gasteiger partial charge in [-0.1, -0.05) is 0 Å². The van der Waals surface area contributed by atoms with Gasteiger partial charge in [0.25, 0.3) is 5.91 Å². The molecule has 1 aromatic heterocycles. The molecule has 2 heterocycles. The molecule has 98 valence electrons. The highest BCUT2D eigenvalue weighted by Gasteiger charge is 2.17. The van der Waals surface area contributed by atoms with Gasteiger partial charge in [-0.25, -0.2) is 0 Å². The lowest BCUT2D eigenvalue weighted by Gasteiger charge is -2.12. The van der Waals surface area contributed by atoms with Crippen molar-refractivity contribution in [2.45, 2.75) is 13.3 Å². The Bertz CT molecular complexity index is 403. The van der Waals surface area contributed by atoms with E-state index in [-0.39, 0.29) is 5.91 Å². The first kappa shape index (κ1) is 12.8. The third-order valence-corrected chi connectivity index (χ3v) is 3.01. The maximum atomic E-state index is 12.1. The minimum absolute atomic E-state index is 0.0553. The number of nitrogens with zero attached hydrogens (tertiary/aromatic N) is 1. The van der Waals surface area contributed by atoms with E-state index in [1.165, 1.54) is 0 Å². The van der Waals surface area contributed by atoms with Crippen molar-refractivity contribution in [1.29, 1.82) is 0 Å². The molecule has 0 spiro atoms. The third-order valence-electron chi connectivity index (χ3n) is 3.01. The highest BCUT2D eigenvalue weighted by atomic mass is 16.5. The number of hydrogen-bond acceptors (Lipinski definition) is 4. The summed E-state index contributed by atoms with van der Waals surface area (Å²) in [5, 5.41) is 6.09. The number of hydrogen-bond donors (Lipinski definition) is 2. The molecule has 0 bridgehead atoms. The van der Waals surface area contributed by atoms with Crippen LogP contribution in [0.5, 0.6) is 0 Å². The van der Waals surface area contributed by atoms with Crippen LogP contribution in [0.2, 0.25) is 0 Å². The zero-order valence-corrected chi connectivity index (χ0v) is 10.6. The van der Waals surface area contributed by atoms with Crippen LogP contribution in [-0.4, -0.2) is 37.2 Å². The molecule has 1 unspecified atom stereocenters. The van der Waals surface area contributed by atoms with Crippen LogP contribution in [0.4, 0.5) is 5.69 Å². The van der Waals surface area contributed by atoms with Gasteiger partial charge in [0.2, 0.25) is 0 Å². The van der Waals surface area contributed by atoms with E-state index >= 15 is 0 Å². The molecule has 1 saturated heterocycles. The van der Waals surface area contributed by atoms with E-state index in [9.17, 15) is 4.79 Å². The molecule has 2 rings (SSSR count). The second-order valence-corrected chi connectivity index (χ2v) is 4.39. The second kappa shape index (κ2) is 6.35. The molecule has 0 aliphatic carbocycles. The Kier molecular flexibility index (Phi) is 4.52. The fourth-order valence-corrected chi connectivity index (χ4v) is 2.00. The molecule has 1 aliphatic heterocycles. The van der Waals surface area contributed by atoms with E-state index in [4.69, 9.17) is 4.74 Å². The molecule has 0 aromatic carbocycles. The van der Waals surface area contributed by atoms with Crippen molar-refractivity contribution in [2.75, 3.05) is 31.6 Å². The first-order valence-electron chi connectivity index (χ1n) is 6.35. The van der Waals surface area contributed by atoms with Crippen LogP contribution in [0.25, 0.3) is 0 Å². The van der Waals surface area contributed by atoms with Gasteiger partial charge < -0.3 is 15.4 Å². The molecule has 1 aliphatic rings. The van der Waals surface area contributed by atoms with E-state index in [1.807, 2.05) is 6.92 Å². The van der Waals surface area contributed by atoms with Gasteiger partial charge in [-0.3, -0.25) is 9.78 Å². The normalized spacial score (nSPS) is 18.6. The number of pyridine rings is 1. The van der Waals surface area contributed by atoms with E-state index in [0.717, 1.165) is 31.9 Å². The second-order valence-electron chi connectivity index (χ2n) is 4.39. The topological polar surface area (TPSA) is 63.2 Å². The molecule has 18 heavy (non-hydrogen) atoms. The Labute approximate surface area is 107 Å². The van der Waals surface area contributed by atoms with Crippen LogP contribution in [0.3, 0.4) is 0 Å². The number of carbonyl (C=O) groups excluding carboxylic acids is 1. The molecule has 1 atom stereocenters. The molecule has 1 fully saturated rings. The van der Waals surface area contributed by atoms with Crippen molar-refractivity contribution >= 4 is 11.6 Å². The van der Waals surface area contributed by atoms with Crippen molar-refractivity contribution in [2.24, 2.45) is 5.92 Å². The third kappa shape index (κ3) is 3.20. The summed E-state index contributed by atoms with van der Waals surface area (Å²) in [7, 11) is 0. The van der Waals surface area contributed by atoms with Crippen molar-refractivity contribution in [3.63, 3.8) is 0 Å². The Balaban J connectivity index is 1.94. The fraction of sp³-hybridized carbons (Fsp3) is 0.538. The van der Waals surface area contributed by atoms with E-state index in [1.54, 1.807) is 18.5 Å². The van der Waals surface area contributed by atoms with E-state index in [0.29, 0.717) is 18.0 Å².